The average Bonchev–Trinajstić information content (AvgIpc) is 2.38. The molecule has 0 bridgehead atoms. The fraction of sp³-hybridized carbons (Fsp3) is 0.0667. The first-order valence-corrected chi connectivity index (χ1v) is 5.71. The molecule has 2 rings (SSSR count). The zero-order valence-corrected chi connectivity index (χ0v) is 10.0. The summed E-state index contributed by atoms with van der Waals surface area (Å²) in [4.78, 5) is 21.9. The van der Waals surface area contributed by atoms with E-state index in [1.165, 1.54) is 6.07 Å². The molecular formula is C15H12O4. The van der Waals surface area contributed by atoms with Crippen LogP contribution in [0.4, 0.5) is 0 Å². The van der Waals surface area contributed by atoms with Gasteiger partial charge < -0.3 is 10.2 Å². The lowest BCUT2D eigenvalue weighted by atomic mass is 9.97. The van der Waals surface area contributed by atoms with Crippen LogP contribution >= 0.6 is 0 Å². The van der Waals surface area contributed by atoms with E-state index >= 15 is 0 Å². The Morgan fingerprint density at radius 2 is 1.68 bits per heavy atom. The molecule has 96 valence electrons. The highest BCUT2D eigenvalue weighted by Gasteiger charge is 2.11. The molecule has 0 radical (unpaired) electrons. The molecule has 2 aromatic carbocycles. The third kappa shape index (κ3) is 2.98. The molecule has 0 unspecified atom stereocenters. The molecule has 0 fully saturated rings. The third-order valence-electron chi connectivity index (χ3n) is 2.75. The fourth-order valence-corrected chi connectivity index (χ4v) is 1.94. The number of aromatic carboxylic acids is 1. The number of carboxylic acids is 2. The molecule has 0 aromatic heterocycles. The summed E-state index contributed by atoms with van der Waals surface area (Å²) in [6, 6.07) is 13.6. The van der Waals surface area contributed by atoms with Crippen LogP contribution in [0, 0.1) is 0 Å². The van der Waals surface area contributed by atoms with E-state index in [2.05, 4.69) is 0 Å². The summed E-state index contributed by atoms with van der Waals surface area (Å²) in [7, 11) is 0. The minimum Gasteiger partial charge on any atom is -0.481 e. The van der Waals surface area contributed by atoms with Crippen LogP contribution in [0.25, 0.3) is 11.1 Å². The van der Waals surface area contributed by atoms with Crippen molar-refractivity contribution in [2.45, 2.75) is 6.42 Å². The quantitative estimate of drug-likeness (QED) is 0.881. The molecule has 2 N–H and O–H groups in total. The van der Waals surface area contributed by atoms with Gasteiger partial charge in [-0.15, -0.1) is 0 Å². The van der Waals surface area contributed by atoms with Gasteiger partial charge in [-0.05, 0) is 22.8 Å². The zero-order valence-electron chi connectivity index (χ0n) is 10.0. The highest BCUT2D eigenvalue weighted by molar-refractivity contribution is 5.96. The van der Waals surface area contributed by atoms with Gasteiger partial charge in [0.05, 0.1) is 12.0 Å². The van der Waals surface area contributed by atoms with Gasteiger partial charge in [-0.25, -0.2) is 4.79 Å². The number of benzene rings is 2. The lowest BCUT2D eigenvalue weighted by Gasteiger charge is -2.07. The molecule has 2 aromatic rings. The maximum absolute atomic E-state index is 11.2. The summed E-state index contributed by atoms with van der Waals surface area (Å²) in [6.45, 7) is 0. The molecule has 0 spiro atoms. The van der Waals surface area contributed by atoms with Gasteiger partial charge in [0, 0.05) is 0 Å². The second kappa shape index (κ2) is 5.35. The van der Waals surface area contributed by atoms with Gasteiger partial charge in [0.15, 0.2) is 0 Å². The SMILES string of the molecule is O=C(O)Cc1cccc(-c2ccccc2C(=O)O)c1. The maximum Gasteiger partial charge on any atom is 0.336 e. The van der Waals surface area contributed by atoms with E-state index in [1.54, 1.807) is 42.5 Å². The van der Waals surface area contributed by atoms with Crippen LogP contribution in [-0.2, 0) is 11.2 Å². The Morgan fingerprint density at radius 1 is 0.947 bits per heavy atom. The first-order valence-electron chi connectivity index (χ1n) is 5.71. The van der Waals surface area contributed by atoms with Gasteiger partial charge in [-0.1, -0.05) is 42.5 Å². The topological polar surface area (TPSA) is 74.6 Å². The second-order valence-corrected chi connectivity index (χ2v) is 4.12. The lowest BCUT2D eigenvalue weighted by molar-refractivity contribution is -0.136. The minimum atomic E-state index is -1.00. The number of carbonyl (C=O) groups is 2. The molecule has 0 aliphatic rings. The maximum atomic E-state index is 11.2. The molecule has 0 heterocycles. The molecule has 19 heavy (non-hydrogen) atoms. The highest BCUT2D eigenvalue weighted by Crippen LogP contribution is 2.24. The molecule has 4 nitrogen and oxygen atoms in total. The van der Waals surface area contributed by atoms with Crippen LogP contribution in [0.2, 0.25) is 0 Å². The number of aliphatic carboxylic acids is 1. The van der Waals surface area contributed by atoms with Gasteiger partial charge in [0.1, 0.15) is 0 Å². The van der Waals surface area contributed by atoms with Crippen molar-refractivity contribution in [3.8, 4) is 11.1 Å². The number of rotatable bonds is 4. The first kappa shape index (κ1) is 12.8. The van der Waals surface area contributed by atoms with Crippen LogP contribution < -0.4 is 0 Å². The van der Waals surface area contributed by atoms with E-state index in [-0.39, 0.29) is 12.0 Å². The molecular weight excluding hydrogens is 244 g/mol. The van der Waals surface area contributed by atoms with E-state index in [9.17, 15) is 9.59 Å². The van der Waals surface area contributed by atoms with Gasteiger partial charge in [0.25, 0.3) is 0 Å². The molecule has 0 saturated carbocycles. The van der Waals surface area contributed by atoms with Gasteiger partial charge in [-0.3, -0.25) is 4.79 Å². The van der Waals surface area contributed by atoms with Crippen molar-refractivity contribution in [2.75, 3.05) is 0 Å². The monoisotopic (exact) mass is 256 g/mol. The Bertz CT molecular complexity index is 632. The van der Waals surface area contributed by atoms with E-state index in [4.69, 9.17) is 10.2 Å². The molecule has 0 atom stereocenters. The fourth-order valence-electron chi connectivity index (χ4n) is 1.94. The first-order chi connectivity index (χ1) is 9.08. The zero-order chi connectivity index (χ0) is 13.8. The Kier molecular flexibility index (Phi) is 3.61. The summed E-state index contributed by atoms with van der Waals surface area (Å²) >= 11 is 0. The average molecular weight is 256 g/mol. The predicted molar refractivity (Wildman–Crippen MR) is 70.2 cm³/mol. The van der Waals surface area contributed by atoms with Crippen LogP contribution in [-0.4, -0.2) is 22.2 Å². The largest absolute Gasteiger partial charge is 0.481 e. The summed E-state index contributed by atoms with van der Waals surface area (Å²) in [6.07, 6.45) is -0.0803. The lowest BCUT2D eigenvalue weighted by Crippen LogP contribution is -2.01. The minimum absolute atomic E-state index is 0.0803. The predicted octanol–water partition coefficient (Wildman–Crippen LogP) is 2.68. The molecule has 0 saturated heterocycles. The van der Waals surface area contributed by atoms with Gasteiger partial charge in [-0.2, -0.15) is 0 Å². The van der Waals surface area contributed by atoms with E-state index in [1.807, 2.05) is 0 Å². The number of hydrogen-bond donors (Lipinski definition) is 2. The van der Waals surface area contributed by atoms with Crippen LogP contribution in [0.3, 0.4) is 0 Å². The standard InChI is InChI=1S/C15H12O4/c16-14(17)9-10-4-3-5-11(8-10)12-6-1-2-7-13(12)15(18)19/h1-8H,9H2,(H,16,17)(H,18,19). The summed E-state index contributed by atoms with van der Waals surface area (Å²) in [5.74, 6) is -1.91. The molecule has 0 aliphatic heterocycles. The van der Waals surface area contributed by atoms with Crippen LogP contribution in [0.1, 0.15) is 15.9 Å². The summed E-state index contributed by atoms with van der Waals surface area (Å²) in [5.41, 5.74) is 2.14. The highest BCUT2D eigenvalue weighted by atomic mass is 16.4. The van der Waals surface area contributed by atoms with Crippen LogP contribution in [0.5, 0.6) is 0 Å². The number of hydrogen-bond acceptors (Lipinski definition) is 2. The Labute approximate surface area is 109 Å². The van der Waals surface area contributed by atoms with Crippen molar-refractivity contribution in [1.29, 1.82) is 0 Å². The van der Waals surface area contributed by atoms with Crippen molar-refractivity contribution in [2.24, 2.45) is 0 Å². The third-order valence-corrected chi connectivity index (χ3v) is 2.75. The van der Waals surface area contributed by atoms with E-state index < -0.39 is 11.9 Å². The Hall–Kier alpha value is -2.62. The van der Waals surface area contributed by atoms with Crippen molar-refractivity contribution in [1.82, 2.24) is 0 Å². The van der Waals surface area contributed by atoms with Crippen LogP contribution in [0.15, 0.2) is 48.5 Å². The smallest absolute Gasteiger partial charge is 0.336 e. The van der Waals surface area contributed by atoms with E-state index in [0.717, 1.165) is 0 Å². The van der Waals surface area contributed by atoms with E-state index in [0.29, 0.717) is 16.7 Å². The number of carboxylic acid groups (broad SMARTS) is 2. The molecule has 4 heteroatoms. The Morgan fingerprint density at radius 3 is 2.37 bits per heavy atom. The normalized spacial score (nSPS) is 10.1. The van der Waals surface area contributed by atoms with Crippen molar-refractivity contribution >= 4 is 11.9 Å². The van der Waals surface area contributed by atoms with Crippen molar-refractivity contribution < 1.29 is 19.8 Å². The van der Waals surface area contributed by atoms with Gasteiger partial charge >= 0.3 is 11.9 Å². The van der Waals surface area contributed by atoms with Crippen molar-refractivity contribution in [3.05, 3.63) is 59.7 Å². The second-order valence-electron chi connectivity index (χ2n) is 4.12. The van der Waals surface area contributed by atoms with Crippen molar-refractivity contribution in [3.63, 3.8) is 0 Å². The van der Waals surface area contributed by atoms with Gasteiger partial charge in [0.2, 0.25) is 0 Å². The molecule has 0 aliphatic carbocycles. The summed E-state index contributed by atoms with van der Waals surface area (Å²) in [5, 5.41) is 17.9. The molecule has 0 amide bonds. The Balaban J connectivity index is 2.47. The summed E-state index contributed by atoms with van der Waals surface area (Å²) < 4.78 is 0.